The van der Waals surface area contributed by atoms with E-state index >= 15 is 0 Å². The van der Waals surface area contributed by atoms with E-state index in [0.29, 0.717) is 25.8 Å². The van der Waals surface area contributed by atoms with Crippen LogP contribution in [0.3, 0.4) is 0 Å². The minimum absolute atomic E-state index is 0.110. The molecular formula is C14H26N4O. The third-order valence-electron chi connectivity index (χ3n) is 2.83. The first kappa shape index (κ1) is 15.9. The van der Waals surface area contributed by atoms with Crippen LogP contribution >= 0.6 is 0 Å². The minimum atomic E-state index is 0.110. The monoisotopic (exact) mass is 266 g/mol. The summed E-state index contributed by atoms with van der Waals surface area (Å²) in [6, 6.07) is 0.492. The van der Waals surface area contributed by atoms with Gasteiger partial charge < -0.3 is 20.4 Å². The van der Waals surface area contributed by atoms with Gasteiger partial charge in [-0.3, -0.25) is 0 Å². The van der Waals surface area contributed by atoms with Crippen LogP contribution in [0, 0.1) is 0 Å². The molecule has 0 aliphatic carbocycles. The van der Waals surface area contributed by atoms with Crippen molar-refractivity contribution < 1.29 is 4.74 Å². The van der Waals surface area contributed by atoms with Crippen LogP contribution in [0.5, 0.6) is 0 Å². The number of aromatic nitrogens is 2. The molecular weight excluding hydrogens is 240 g/mol. The number of nitrogens with zero attached hydrogens (tertiary/aromatic N) is 2. The normalized spacial score (nSPS) is 12.9. The molecule has 0 fully saturated rings. The third kappa shape index (κ3) is 5.14. The van der Waals surface area contributed by atoms with E-state index in [1.807, 2.05) is 19.4 Å². The van der Waals surface area contributed by atoms with Crippen LogP contribution in [-0.4, -0.2) is 35.9 Å². The smallest absolute Gasteiger partial charge is 0.0951 e. The molecule has 3 N–H and O–H groups in total. The van der Waals surface area contributed by atoms with Crippen molar-refractivity contribution in [2.45, 2.75) is 32.9 Å². The van der Waals surface area contributed by atoms with Crippen LogP contribution < -0.4 is 11.1 Å². The zero-order valence-corrected chi connectivity index (χ0v) is 12.2. The molecule has 1 aromatic heterocycles. The number of rotatable bonds is 9. The lowest BCUT2D eigenvalue weighted by Crippen LogP contribution is -2.32. The number of nitrogens with two attached hydrogens (primary N) is 1. The second-order valence-electron chi connectivity index (χ2n) is 5.07. The quantitative estimate of drug-likeness (QED) is 0.527. The predicted octanol–water partition coefficient (Wildman–Crippen LogP) is 1.65. The topological polar surface area (TPSA) is 65.1 Å². The summed E-state index contributed by atoms with van der Waals surface area (Å²) in [5, 5.41) is 3.40. The molecule has 0 aromatic carbocycles. The van der Waals surface area contributed by atoms with Gasteiger partial charge in [-0.05, 0) is 20.8 Å². The molecule has 5 nitrogen and oxygen atoms in total. The Balaban J connectivity index is 2.45. The Hall–Kier alpha value is -1.17. The van der Waals surface area contributed by atoms with Crippen molar-refractivity contribution in [2.24, 2.45) is 5.73 Å². The molecule has 0 bridgehead atoms. The average Bonchev–Trinajstić information content (AvgIpc) is 2.82. The standard InChI is InChI=1S/C14H26N4O/c1-11(2)9-19-6-5-17-13(7-15)14-8-16-10-18(14)12(3)4/h8,10,12-13,17H,1,5-7,9,15H2,2-4H3. The van der Waals surface area contributed by atoms with Gasteiger partial charge in [0.25, 0.3) is 0 Å². The highest BCUT2D eigenvalue weighted by Crippen LogP contribution is 2.15. The maximum absolute atomic E-state index is 5.84. The van der Waals surface area contributed by atoms with E-state index in [2.05, 4.69) is 35.3 Å². The molecule has 0 saturated carbocycles. The molecule has 0 aliphatic rings. The summed E-state index contributed by atoms with van der Waals surface area (Å²) in [5.74, 6) is 0. The fourth-order valence-corrected chi connectivity index (χ4v) is 1.88. The van der Waals surface area contributed by atoms with Gasteiger partial charge in [0.05, 0.1) is 31.3 Å². The fraction of sp³-hybridized carbons (Fsp3) is 0.643. The van der Waals surface area contributed by atoms with E-state index in [1.165, 1.54) is 0 Å². The van der Waals surface area contributed by atoms with Gasteiger partial charge in [0, 0.05) is 25.3 Å². The number of hydrogen-bond acceptors (Lipinski definition) is 4. The summed E-state index contributed by atoms with van der Waals surface area (Å²) < 4.78 is 7.60. The first-order chi connectivity index (χ1) is 9.06. The molecule has 0 radical (unpaired) electrons. The Bertz CT molecular complexity index is 387. The highest BCUT2D eigenvalue weighted by atomic mass is 16.5. The van der Waals surface area contributed by atoms with Gasteiger partial charge >= 0.3 is 0 Å². The first-order valence-electron chi connectivity index (χ1n) is 6.73. The van der Waals surface area contributed by atoms with E-state index in [1.54, 1.807) is 0 Å². The molecule has 5 heteroatoms. The van der Waals surface area contributed by atoms with Crippen LogP contribution in [0.2, 0.25) is 0 Å². The average molecular weight is 266 g/mol. The van der Waals surface area contributed by atoms with Crippen molar-refractivity contribution in [3.63, 3.8) is 0 Å². The SMILES string of the molecule is C=C(C)COCCNC(CN)c1cncn1C(C)C. The summed E-state index contributed by atoms with van der Waals surface area (Å²) in [5.41, 5.74) is 8.00. The molecule has 1 rings (SSSR count). The highest BCUT2D eigenvalue weighted by Gasteiger charge is 2.15. The van der Waals surface area contributed by atoms with Crippen LogP contribution in [-0.2, 0) is 4.74 Å². The molecule has 1 aromatic rings. The van der Waals surface area contributed by atoms with Crippen molar-refractivity contribution in [3.8, 4) is 0 Å². The van der Waals surface area contributed by atoms with Gasteiger partial charge in [-0.15, -0.1) is 0 Å². The fourth-order valence-electron chi connectivity index (χ4n) is 1.88. The third-order valence-corrected chi connectivity index (χ3v) is 2.83. The Kier molecular flexibility index (Phi) is 6.77. The lowest BCUT2D eigenvalue weighted by atomic mass is 10.2. The minimum Gasteiger partial charge on any atom is -0.376 e. The van der Waals surface area contributed by atoms with Crippen molar-refractivity contribution in [3.05, 3.63) is 30.4 Å². The molecule has 0 saturated heterocycles. The Morgan fingerprint density at radius 1 is 1.58 bits per heavy atom. The van der Waals surface area contributed by atoms with E-state index in [0.717, 1.165) is 17.8 Å². The Labute approximate surface area is 115 Å². The van der Waals surface area contributed by atoms with Crippen LogP contribution in [0.4, 0.5) is 0 Å². The number of ether oxygens (including phenoxy) is 1. The maximum atomic E-state index is 5.84. The summed E-state index contributed by atoms with van der Waals surface area (Å²) in [4.78, 5) is 4.20. The maximum Gasteiger partial charge on any atom is 0.0951 e. The lowest BCUT2D eigenvalue weighted by molar-refractivity contribution is 0.155. The summed E-state index contributed by atoms with van der Waals surface area (Å²) in [6.45, 7) is 12.6. The summed E-state index contributed by atoms with van der Waals surface area (Å²) >= 11 is 0. The van der Waals surface area contributed by atoms with Crippen molar-refractivity contribution in [2.75, 3.05) is 26.3 Å². The molecule has 1 unspecified atom stereocenters. The van der Waals surface area contributed by atoms with Gasteiger partial charge in [0.15, 0.2) is 0 Å². The van der Waals surface area contributed by atoms with E-state index in [9.17, 15) is 0 Å². The molecule has 19 heavy (non-hydrogen) atoms. The van der Waals surface area contributed by atoms with Crippen molar-refractivity contribution >= 4 is 0 Å². The van der Waals surface area contributed by atoms with Gasteiger partial charge in [-0.2, -0.15) is 0 Å². The molecule has 108 valence electrons. The van der Waals surface area contributed by atoms with Crippen molar-refractivity contribution in [1.82, 2.24) is 14.9 Å². The number of hydrogen-bond donors (Lipinski definition) is 2. The molecule has 1 atom stereocenters. The number of imidazole rings is 1. The molecule has 0 amide bonds. The second kappa shape index (κ2) is 8.09. The summed E-state index contributed by atoms with van der Waals surface area (Å²) in [6.07, 6.45) is 3.72. The Morgan fingerprint density at radius 3 is 2.89 bits per heavy atom. The van der Waals surface area contributed by atoms with E-state index in [4.69, 9.17) is 10.5 Å². The lowest BCUT2D eigenvalue weighted by Gasteiger charge is -2.20. The van der Waals surface area contributed by atoms with Gasteiger partial charge in [0.2, 0.25) is 0 Å². The molecule has 0 aliphatic heterocycles. The zero-order valence-electron chi connectivity index (χ0n) is 12.2. The zero-order chi connectivity index (χ0) is 14.3. The van der Waals surface area contributed by atoms with E-state index in [-0.39, 0.29) is 6.04 Å². The Morgan fingerprint density at radius 2 is 2.32 bits per heavy atom. The largest absolute Gasteiger partial charge is 0.376 e. The molecule has 1 heterocycles. The summed E-state index contributed by atoms with van der Waals surface area (Å²) in [7, 11) is 0. The van der Waals surface area contributed by atoms with Crippen LogP contribution in [0.1, 0.15) is 38.5 Å². The number of nitrogens with one attached hydrogen (secondary N) is 1. The van der Waals surface area contributed by atoms with Gasteiger partial charge in [-0.25, -0.2) is 4.98 Å². The van der Waals surface area contributed by atoms with E-state index < -0.39 is 0 Å². The van der Waals surface area contributed by atoms with Crippen LogP contribution in [0.25, 0.3) is 0 Å². The molecule has 0 spiro atoms. The highest BCUT2D eigenvalue weighted by molar-refractivity contribution is 5.07. The predicted molar refractivity (Wildman–Crippen MR) is 78.0 cm³/mol. The van der Waals surface area contributed by atoms with Gasteiger partial charge in [0.1, 0.15) is 0 Å². The van der Waals surface area contributed by atoms with Crippen molar-refractivity contribution in [1.29, 1.82) is 0 Å². The first-order valence-corrected chi connectivity index (χ1v) is 6.73. The second-order valence-corrected chi connectivity index (χ2v) is 5.07. The van der Waals surface area contributed by atoms with Gasteiger partial charge in [-0.1, -0.05) is 12.2 Å². The van der Waals surface area contributed by atoms with Crippen LogP contribution in [0.15, 0.2) is 24.7 Å².